The van der Waals surface area contributed by atoms with Crippen molar-refractivity contribution in [1.29, 1.82) is 0 Å². The second-order valence-corrected chi connectivity index (χ2v) is 8.48. The molecule has 1 aromatic heterocycles. The van der Waals surface area contributed by atoms with E-state index in [1.54, 1.807) is 23.5 Å². The summed E-state index contributed by atoms with van der Waals surface area (Å²) in [6, 6.07) is 23.6. The standard InChI is InChI=1S/C22H21N3S2/c1-16-10-12-19(13-11-16)26-15-21-23-24-22(25(21)2)27-14-18-8-5-7-17-6-3-4-9-20(17)18/h3-13H,14-15H2,1-2H3. The number of hydrogen-bond donors (Lipinski definition) is 0. The van der Waals surface area contributed by atoms with Gasteiger partial charge in [0.15, 0.2) is 5.16 Å². The monoisotopic (exact) mass is 391 g/mol. The van der Waals surface area contributed by atoms with Gasteiger partial charge in [-0.25, -0.2) is 0 Å². The SMILES string of the molecule is Cc1ccc(SCc2nnc(SCc3cccc4ccccc34)n2C)cc1. The lowest BCUT2D eigenvalue weighted by atomic mass is 10.1. The minimum Gasteiger partial charge on any atom is -0.308 e. The van der Waals surface area contributed by atoms with E-state index in [2.05, 4.69) is 95.5 Å². The van der Waals surface area contributed by atoms with Gasteiger partial charge in [-0.05, 0) is 35.4 Å². The van der Waals surface area contributed by atoms with Crippen molar-refractivity contribution in [3.63, 3.8) is 0 Å². The minimum atomic E-state index is 0.821. The van der Waals surface area contributed by atoms with Gasteiger partial charge in [0.1, 0.15) is 5.82 Å². The number of aryl methyl sites for hydroxylation is 1. The first-order valence-electron chi connectivity index (χ1n) is 8.88. The highest BCUT2D eigenvalue weighted by molar-refractivity contribution is 7.98. The van der Waals surface area contributed by atoms with Crippen molar-refractivity contribution in [1.82, 2.24) is 14.8 Å². The Balaban J connectivity index is 1.43. The maximum absolute atomic E-state index is 4.40. The Morgan fingerprint density at radius 3 is 2.44 bits per heavy atom. The number of hydrogen-bond acceptors (Lipinski definition) is 4. The van der Waals surface area contributed by atoms with Crippen molar-refractivity contribution in [2.24, 2.45) is 7.05 Å². The van der Waals surface area contributed by atoms with E-state index in [1.807, 2.05) is 0 Å². The van der Waals surface area contributed by atoms with Gasteiger partial charge in [-0.1, -0.05) is 71.9 Å². The highest BCUT2D eigenvalue weighted by atomic mass is 32.2. The van der Waals surface area contributed by atoms with E-state index in [0.29, 0.717) is 0 Å². The smallest absolute Gasteiger partial charge is 0.191 e. The molecule has 1 heterocycles. The maximum atomic E-state index is 4.40. The lowest BCUT2D eigenvalue weighted by molar-refractivity contribution is 0.761. The van der Waals surface area contributed by atoms with Crippen LogP contribution in [0.25, 0.3) is 10.8 Å². The van der Waals surface area contributed by atoms with Crippen molar-refractivity contribution in [3.05, 3.63) is 83.7 Å². The minimum absolute atomic E-state index is 0.821. The van der Waals surface area contributed by atoms with Crippen LogP contribution in [0.4, 0.5) is 0 Å². The first kappa shape index (κ1) is 18.1. The summed E-state index contributed by atoms with van der Waals surface area (Å²) in [4.78, 5) is 1.26. The molecule has 0 saturated heterocycles. The highest BCUT2D eigenvalue weighted by Crippen LogP contribution is 2.28. The van der Waals surface area contributed by atoms with Gasteiger partial charge in [-0.3, -0.25) is 0 Å². The summed E-state index contributed by atoms with van der Waals surface area (Å²) in [6.07, 6.45) is 0. The molecule has 0 fully saturated rings. The van der Waals surface area contributed by atoms with Gasteiger partial charge in [0.25, 0.3) is 0 Å². The number of rotatable bonds is 6. The molecule has 0 N–H and O–H groups in total. The van der Waals surface area contributed by atoms with Crippen LogP contribution >= 0.6 is 23.5 Å². The molecule has 0 aliphatic carbocycles. The van der Waals surface area contributed by atoms with E-state index in [-0.39, 0.29) is 0 Å². The lowest BCUT2D eigenvalue weighted by Crippen LogP contribution is -1.97. The lowest BCUT2D eigenvalue weighted by Gasteiger charge is -2.07. The van der Waals surface area contributed by atoms with Gasteiger partial charge in [0, 0.05) is 17.7 Å². The molecule has 0 aliphatic heterocycles. The van der Waals surface area contributed by atoms with Gasteiger partial charge in [0.2, 0.25) is 0 Å². The van der Waals surface area contributed by atoms with Crippen LogP contribution in [0.2, 0.25) is 0 Å². The molecule has 0 atom stereocenters. The normalized spacial score (nSPS) is 11.2. The summed E-state index contributed by atoms with van der Waals surface area (Å²) in [6.45, 7) is 2.11. The Labute approximate surface area is 168 Å². The van der Waals surface area contributed by atoms with Crippen LogP contribution in [0.3, 0.4) is 0 Å². The maximum Gasteiger partial charge on any atom is 0.191 e. The zero-order valence-electron chi connectivity index (χ0n) is 15.4. The first-order valence-corrected chi connectivity index (χ1v) is 10.8. The van der Waals surface area contributed by atoms with E-state index < -0.39 is 0 Å². The molecular formula is C22H21N3S2. The molecule has 0 aliphatic rings. The van der Waals surface area contributed by atoms with Gasteiger partial charge >= 0.3 is 0 Å². The Hall–Kier alpha value is -2.24. The zero-order valence-corrected chi connectivity index (χ0v) is 17.1. The summed E-state index contributed by atoms with van der Waals surface area (Å²) < 4.78 is 2.11. The van der Waals surface area contributed by atoms with Gasteiger partial charge < -0.3 is 4.57 Å². The second-order valence-electron chi connectivity index (χ2n) is 6.49. The molecule has 3 nitrogen and oxygen atoms in total. The predicted octanol–water partition coefficient (Wildman–Crippen LogP) is 5.86. The first-order chi connectivity index (χ1) is 13.2. The molecule has 4 aromatic rings. The summed E-state index contributed by atoms with van der Waals surface area (Å²) in [5.41, 5.74) is 2.61. The summed E-state index contributed by atoms with van der Waals surface area (Å²) in [7, 11) is 2.05. The largest absolute Gasteiger partial charge is 0.308 e. The molecule has 0 saturated carbocycles. The number of aromatic nitrogens is 3. The van der Waals surface area contributed by atoms with E-state index in [4.69, 9.17) is 0 Å². The number of benzene rings is 3. The Morgan fingerprint density at radius 2 is 1.59 bits per heavy atom. The van der Waals surface area contributed by atoms with Gasteiger partial charge in [-0.15, -0.1) is 22.0 Å². The third-order valence-electron chi connectivity index (χ3n) is 4.55. The number of thioether (sulfide) groups is 2. The fraction of sp³-hybridized carbons (Fsp3) is 0.182. The van der Waals surface area contributed by atoms with E-state index >= 15 is 0 Å². The topological polar surface area (TPSA) is 30.7 Å². The molecule has 0 amide bonds. The third-order valence-corrected chi connectivity index (χ3v) is 6.63. The van der Waals surface area contributed by atoms with Crippen LogP contribution in [-0.2, 0) is 18.6 Å². The van der Waals surface area contributed by atoms with Crippen molar-refractivity contribution in [2.75, 3.05) is 0 Å². The average Bonchev–Trinajstić information content (AvgIpc) is 3.05. The molecule has 0 spiro atoms. The van der Waals surface area contributed by atoms with Gasteiger partial charge in [0.05, 0.1) is 5.75 Å². The Bertz CT molecular complexity index is 1050. The van der Waals surface area contributed by atoms with Crippen LogP contribution < -0.4 is 0 Å². The van der Waals surface area contributed by atoms with Crippen LogP contribution in [0.1, 0.15) is 17.0 Å². The summed E-state index contributed by atoms with van der Waals surface area (Å²) >= 11 is 3.53. The molecule has 27 heavy (non-hydrogen) atoms. The fourth-order valence-electron chi connectivity index (χ4n) is 2.94. The predicted molar refractivity (Wildman–Crippen MR) is 115 cm³/mol. The Morgan fingerprint density at radius 1 is 0.815 bits per heavy atom. The van der Waals surface area contributed by atoms with Gasteiger partial charge in [-0.2, -0.15) is 0 Å². The quantitative estimate of drug-likeness (QED) is 0.385. The van der Waals surface area contributed by atoms with E-state index in [0.717, 1.165) is 22.5 Å². The van der Waals surface area contributed by atoms with E-state index in [9.17, 15) is 0 Å². The molecule has 0 radical (unpaired) electrons. The fourth-order valence-corrected chi connectivity index (χ4v) is 4.75. The third kappa shape index (κ3) is 4.20. The molecule has 5 heteroatoms. The van der Waals surface area contributed by atoms with Crippen molar-refractivity contribution in [3.8, 4) is 0 Å². The highest BCUT2D eigenvalue weighted by Gasteiger charge is 2.11. The molecule has 4 rings (SSSR count). The molecule has 3 aromatic carbocycles. The molecule has 0 unspecified atom stereocenters. The summed E-state index contributed by atoms with van der Waals surface area (Å²) in [5.74, 6) is 2.71. The van der Waals surface area contributed by atoms with Crippen LogP contribution in [-0.4, -0.2) is 14.8 Å². The average molecular weight is 392 g/mol. The van der Waals surface area contributed by atoms with Crippen molar-refractivity contribution >= 4 is 34.3 Å². The molecule has 136 valence electrons. The summed E-state index contributed by atoms with van der Waals surface area (Å²) in [5, 5.41) is 12.3. The van der Waals surface area contributed by atoms with E-state index in [1.165, 1.54) is 26.8 Å². The second kappa shape index (κ2) is 8.19. The van der Waals surface area contributed by atoms with Crippen LogP contribution in [0.15, 0.2) is 76.8 Å². The van der Waals surface area contributed by atoms with Crippen LogP contribution in [0, 0.1) is 6.92 Å². The Kier molecular flexibility index (Phi) is 5.50. The van der Waals surface area contributed by atoms with Crippen LogP contribution in [0.5, 0.6) is 0 Å². The number of nitrogens with zero attached hydrogens (tertiary/aromatic N) is 3. The molecule has 0 bridgehead atoms. The number of fused-ring (bicyclic) bond motifs is 1. The zero-order chi connectivity index (χ0) is 18.6. The van der Waals surface area contributed by atoms with Crippen molar-refractivity contribution < 1.29 is 0 Å². The van der Waals surface area contributed by atoms with Crippen molar-refractivity contribution in [2.45, 2.75) is 28.5 Å². The molecular weight excluding hydrogens is 370 g/mol.